The SMILES string of the molecule is Cc1cccc(CC2CCN(CCNC(=O)Nc3cc(C)nc4ccccc34)CC2)c1. The topological polar surface area (TPSA) is 57.3 Å². The number of para-hydroxylation sites is 1. The van der Waals surface area contributed by atoms with Gasteiger partial charge in [0, 0.05) is 24.2 Å². The maximum absolute atomic E-state index is 12.4. The van der Waals surface area contributed by atoms with Gasteiger partial charge in [0.25, 0.3) is 0 Å². The van der Waals surface area contributed by atoms with Crippen molar-refractivity contribution in [2.45, 2.75) is 33.1 Å². The molecule has 1 aliphatic rings. The zero-order valence-corrected chi connectivity index (χ0v) is 18.5. The Bertz CT molecular complexity index is 1040. The lowest BCUT2D eigenvalue weighted by molar-refractivity contribution is 0.184. The average molecular weight is 417 g/mol. The molecule has 1 saturated heterocycles. The largest absolute Gasteiger partial charge is 0.337 e. The predicted octanol–water partition coefficient (Wildman–Crippen LogP) is 4.93. The van der Waals surface area contributed by atoms with E-state index in [9.17, 15) is 4.79 Å². The average Bonchev–Trinajstić information content (AvgIpc) is 2.75. The Balaban J connectivity index is 1.20. The van der Waals surface area contributed by atoms with Gasteiger partial charge in [-0.1, -0.05) is 48.0 Å². The summed E-state index contributed by atoms with van der Waals surface area (Å²) >= 11 is 0. The first-order valence-corrected chi connectivity index (χ1v) is 11.3. The Hall–Kier alpha value is -2.92. The highest BCUT2D eigenvalue weighted by Gasteiger charge is 2.19. The van der Waals surface area contributed by atoms with Crippen molar-refractivity contribution in [3.8, 4) is 0 Å². The summed E-state index contributed by atoms with van der Waals surface area (Å²) in [5, 5.41) is 6.96. The van der Waals surface area contributed by atoms with Crippen LogP contribution in [0.15, 0.2) is 54.6 Å². The Morgan fingerprint density at radius 1 is 1.06 bits per heavy atom. The minimum Gasteiger partial charge on any atom is -0.337 e. The van der Waals surface area contributed by atoms with Crippen LogP contribution in [0.5, 0.6) is 0 Å². The molecule has 0 unspecified atom stereocenters. The minimum absolute atomic E-state index is 0.162. The number of anilines is 1. The fourth-order valence-corrected chi connectivity index (χ4v) is 4.49. The number of aryl methyl sites for hydroxylation is 2. The zero-order valence-electron chi connectivity index (χ0n) is 18.5. The van der Waals surface area contributed by atoms with Gasteiger partial charge in [-0.2, -0.15) is 0 Å². The molecule has 0 atom stereocenters. The van der Waals surface area contributed by atoms with Crippen molar-refractivity contribution in [3.05, 3.63) is 71.4 Å². The molecule has 0 radical (unpaired) electrons. The number of carbonyl (C=O) groups excluding carboxylic acids is 1. The Morgan fingerprint density at radius 3 is 2.68 bits per heavy atom. The molecule has 1 fully saturated rings. The van der Waals surface area contributed by atoms with Crippen molar-refractivity contribution in [3.63, 3.8) is 0 Å². The lowest BCUT2D eigenvalue weighted by Gasteiger charge is -2.32. The lowest BCUT2D eigenvalue weighted by atomic mass is 9.90. The van der Waals surface area contributed by atoms with Crippen LogP contribution < -0.4 is 10.6 Å². The van der Waals surface area contributed by atoms with E-state index in [0.29, 0.717) is 6.54 Å². The molecule has 1 aromatic heterocycles. The summed E-state index contributed by atoms with van der Waals surface area (Å²) in [5.41, 5.74) is 5.39. The van der Waals surface area contributed by atoms with E-state index in [4.69, 9.17) is 0 Å². The molecule has 4 rings (SSSR count). The van der Waals surface area contributed by atoms with Gasteiger partial charge >= 0.3 is 6.03 Å². The molecule has 0 saturated carbocycles. The first-order chi connectivity index (χ1) is 15.1. The molecule has 2 N–H and O–H groups in total. The van der Waals surface area contributed by atoms with Gasteiger partial charge in [-0.3, -0.25) is 4.98 Å². The van der Waals surface area contributed by atoms with Crippen LogP contribution in [0.3, 0.4) is 0 Å². The molecular weight excluding hydrogens is 384 g/mol. The molecule has 162 valence electrons. The standard InChI is InChI=1S/C26H32N4O/c1-19-6-5-7-22(16-19)18-21-10-13-30(14-11-21)15-12-27-26(31)29-25-17-20(2)28-24-9-4-3-8-23(24)25/h3-9,16-17,21H,10-15,18H2,1-2H3,(H2,27,28,29,31). The lowest BCUT2D eigenvalue weighted by Crippen LogP contribution is -2.40. The molecule has 2 amide bonds. The number of aromatic nitrogens is 1. The normalized spacial score (nSPS) is 15.2. The number of pyridine rings is 1. The minimum atomic E-state index is -0.162. The first-order valence-electron chi connectivity index (χ1n) is 11.3. The highest BCUT2D eigenvalue weighted by Crippen LogP contribution is 2.23. The second-order valence-electron chi connectivity index (χ2n) is 8.69. The molecule has 1 aliphatic heterocycles. The fraction of sp³-hybridized carbons (Fsp3) is 0.385. The number of likely N-dealkylation sites (tertiary alicyclic amines) is 1. The number of piperidine rings is 1. The van der Waals surface area contributed by atoms with Gasteiger partial charge in [0.1, 0.15) is 0 Å². The van der Waals surface area contributed by atoms with Crippen molar-refractivity contribution in [2.24, 2.45) is 5.92 Å². The van der Waals surface area contributed by atoms with E-state index in [1.165, 1.54) is 30.4 Å². The number of benzene rings is 2. The highest BCUT2D eigenvalue weighted by molar-refractivity contribution is 6.00. The van der Waals surface area contributed by atoms with Crippen LogP contribution in [0.4, 0.5) is 10.5 Å². The van der Waals surface area contributed by atoms with Gasteiger partial charge < -0.3 is 15.5 Å². The van der Waals surface area contributed by atoms with E-state index >= 15 is 0 Å². The maximum Gasteiger partial charge on any atom is 0.319 e. The van der Waals surface area contributed by atoms with Gasteiger partial charge in [-0.25, -0.2) is 4.79 Å². The van der Waals surface area contributed by atoms with Gasteiger partial charge in [0.2, 0.25) is 0 Å². The second kappa shape index (κ2) is 9.92. The summed E-state index contributed by atoms with van der Waals surface area (Å²) in [4.78, 5) is 19.4. The molecule has 0 spiro atoms. The molecule has 31 heavy (non-hydrogen) atoms. The highest BCUT2D eigenvalue weighted by atomic mass is 16.2. The number of hydrogen-bond acceptors (Lipinski definition) is 3. The summed E-state index contributed by atoms with van der Waals surface area (Å²) in [5.74, 6) is 0.762. The van der Waals surface area contributed by atoms with Gasteiger partial charge in [0.15, 0.2) is 0 Å². The van der Waals surface area contributed by atoms with Gasteiger partial charge in [-0.05, 0) is 69.8 Å². The van der Waals surface area contributed by atoms with Crippen LogP contribution in [0, 0.1) is 19.8 Å². The molecule has 0 bridgehead atoms. The fourth-order valence-electron chi connectivity index (χ4n) is 4.49. The second-order valence-corrected chi connectivity index (χ2v) is 8.69. The van der Waals surface area contributed by atoms with E-state index in [1.807, 2.05) is 37.3 Å². The number of carbonyl (C=O) groups is 1. The maximum atomic E-state index is 12.4. The summed E-state index contributed by atoms with van der Waals surface area (Å²) in [6, 6.07) is 18.5. The molecule has 5 nitrogen and oxygen atoms in total. The van der Waals surface area contributed by atoms with Crippen LogP contribution >= 0.6 is 0 Å². The summed E-state index contributed by atoms with van der Waals surface area (Å²) in [6.07, 6.45) is 3.63. The van der Waals surface area contributed by atoms with Gasteiger partial charge in [0.05, 0.1) is 11.2 Å². The van der Waals surface area contributed by atoms with Crippen LogP contribution in [0.1, 0.15) is 29.7 Å². The van der Waals surface area contributed by atoms with Crippen molar-refractivity contribution in [1.82, 2.24) is 15.2 Å². The predicted molar refractivity (Wildman–Crippen MR) is 128 cm³/mol. The summed E-state index contributed by atoms with van der Waals surface area (Å²) < 4.78 is 0. The third-order valence-electron chi connectivity index (χ3n) is 6.12. The number of nitrogens with one attached hydrogen (secondary N) is 2. The number of fused-ring (bicyclic) bond motifs is 1. The van der Waals surface area contributed by atoms with Crippen LogP contribution in [-0.4, -0.2) is 42.1 Å². The number of urea groups is 1. The third kappa shape index (κ3) is 5.82. The zero-order chi connectivity index (χ0) is 21.6. The Labute approximate surface area is 184 Å². The molecule has 0 aliphatic carbocycles. The molecule has 2 heterocycles. The monoisotopic (exact) mass is 416 g/mol. The van der Waals surface area contributed by atoms with Crippen molar-refractivity contribution >= 4 is 22.6 Å². The molecule has 3 aromatic rings. The quantitative estimate of drug-likeness (QED) is 0.599. The number of nitrogens with zero attached hydrogens (tertiary/aromatic N) is 2. The molecular formula is C26H32N4O. The first kappa shape index (κ1) is 21.3. The van der Waals surface area contributed by atoms with Crippen molar-refractivity contribution < 1.29 is 4.79 Å². The Morgan fingerprint density at radius 2 is 1.87 bits per heavy atom. The van der Waals surface area contributed by atoms with E-state index in [1.54, 1.807) is 0 Å². The van der Waals surface area contributed by atoms with E-state index in [2.05, 4.69) is 51.7 Å². The number of hydrogen-bond donors (Lipinski definition) is 2. The van der Waals surface area contributed by atoms with E-state index in [0.717, 1.165) is 47.8 Å². The van der Waals surface area contributed by atoms with E-state index < -0.39 is 0 Å². The third-order valence-corrected chi connectivity index (χ3v) is 6.12. The number of amides is 2. The van der Waals surface area contributed by atoms with Crippen LogP contribution in [0.25, 0.3) is 10.9 Å². The molecule has 5 heteroatoms. The summed E-state index contributed by atoms with van der Waals surface area (Å²) in [7, 11) is 0. The van der Waals surface area contributed by atoms with E-state index in [-0.39, 0.29) is 6.03 Å². The van der Waals surface area contributed by atoms with Crippen molar-refractivity contribution in [2.75, 3.05) is 31.5 Å². The smallest absolute Gasteiger partial charge is 0.319 e. The Kier molecular flexibility index (Phi) is 6.82. The van der Waals surface area contributed by atoms with Crippen molar-refractivity contribution in [1.29, 1.82) is 0 Å². The van der Waals surface area contributed by atoms with Crippen LogP contribution in [-0.2, 0) is 6.42 Å². The summed E-state index contributed by atoms with van der Waals surface area (Å²) in [6.45, 7) is 7.85. The molecule has 2 aromatic carbocycles. The van der Waals surface area contributed by atoms with Gasteiger partial charge in [-0.15, -0.1) is 0 Å². The number of rotatable bonds is 6. The van der Waals surface area contributed by atoms with Crippen LogP contribution in [0.2, 0.25) is 0 Å².